The summed E-state index contributed by atoms with van der Waals surface area (Å²) in [5.41, 5.74) is 0.960. The van der Waals surface area contributed by atoms with Crippen molar-refractivity contribution in [2.75, 3.05) is 36.4 Å². The van der Waals surface area contributed by atoms with Crippen molar-refractivity contribution >= 4 is 23.2 Å². The fourth-order valence-electron chi connectivity index (χ4n) is 2.89. The lowest BCUT2D eigenvalue weighted by Gasteiger charge is -2.36. The van der Waals surface area contributed by atoms with E-state index in [0.29, 0.717) is 37.6 Å². The van der Waals surface area contributed by atoms with E-state index in [0.717, 1.165) is 0 Å². The van der Waals surface area contributed by atoms with E-state index < -0.39 is 11.7 Å². The molecule has 3 rings (SSSR count). The molecule has 1 aliphatic rings. The Morgan fingerprint density at radius 1 is 0.923 bits per heavy atom. The standard InChI is InChI=1S/C19H19F2N3O2/c20-14-5-7-15(8-6-14)22-18(25)13-19(26)24-11-9-23(10-12-24)17-4-2-1-3-16(17)21/h1-8H,9-13H2,(H,22,25). The highest BCUT2D eigenvalue weighted by Crippen LogP contribution is 2.20. The molecule has 0 saturated carbocycles. The van der Waals surface area contributed by atoms with E-state index in [4.69, 9.17) is 0 Å². The Morgan fingerprint density at radius 2 is 1.58 bits per heavy atom. The van der Waals surface area contributed by atoms with Crippen LogP contribution in [-0.4, -0.2) is 42.9 Å². The van der Waals surface area contributed by atoms with Gasteiger partial charge >= 0.3 is 0 Å². The van der Waals surface area contributed by atoms with Crippen LogP contribution in [0.2, 0.25) is 0 Å². The Kier molecular flexibility index (Phi) is 5.46. The minimum atomic E-state index is -0.446. The van der Waals surface area contributed by atoms with Crippen molar-refractivity contribution in [1.82, 2.24) is 4.90 Å². The van der Waals surface area contributed by atoms with Gasteiger partial charge in [-0.25, -0.2) is 8.78 Å². The van der Waals surface area contributed by atoms with Crippen LogP contribution in [0.5, 0.6) is 0 Å². The number of hydrogen-bond acceptors (Lipinski definition) is 3. The minimum Gasteiger partial charge on any atom is -0.366 e. The maximum absolute atomic E-state index is 13.8. The van der Waals surface area contributed by atoms with E-state index in [9.17, 15) is 18.4 Å². The average molecular weight is 359 g/mol. The van der Waals surface area contributed by atoms with Crippen molar-refractivity contribution in [3.8, 4) is 0 Å². The second-order valence-corrected chi connectivity index (χ2v) is 6.05. The van der Waals surface area contributed by atoms with Crippen molar-refractivity contribution < 1.29 is 18.4 Å². The molecular formula is C19H19F2N3O2. The van der Waals surface area contributed by atoms with E-state index in [1.807, 2.05) is 4.90 Å². The number of carbonyl (C=O) groups excluding carboxylic acids is 2. The zero-order valence-electron chi connectivity index (χ0n) is 14.1. The molecule has 0 aliphatic carbocycles. The highest BCUT2D eigenvalue weighted by molar-refractivity contribution is 6.03. The molecule has 7 heteroatoms. The number of para-hydroxylation sites is 1. The summed E-state index contributed by atoms with van der Waals surface area (Å²) < 4.78 is 26.7. The van der Waals surface area contributed by atoms with Crippen LogP contribution in [0.15, 0.2) is 48.5 Å². The number of hydrogen-bond donors (Lipinski definition) is 1. The van der Waals surface area contributed by atoms with Crippen molar-refractivity contribution in [2.24, 2.45) is 0 Å². The fraction of sp³-hybridized carbons (Fsp3) is 0.263. The van der Waals surface area contributed by atoms with Gasteiger partial charge < -0.3 is 15.1 Å². The molecule has 2 aromatic rings. The van der Waals surface area contributed by atoms with Crippen LogP contribution in [0.4, 0.5) is 20.2 Å². The van der Waals surface area contributed by atoms with Crippen molar-refractivity contribution in [1.29, 1.82) is 0 Å². The number of carbonyl (C=O) groups is 2. The summed E-state index contributed by atoms with van der Waals surface area (Å²) in [7, 11) is 0. The summed E-state index contributed by atoms with van der Waals surface area (Å²) >= 11 is 0. The zero-order chi connectivity index (χ0) is 18.5. The van der Waals surface area contributed by atoms with Crippen LogP contribution < -0.4 is 10.2 Å². The smallest absolute Gasteiger partial charge is 0.233 e. The molecule has 1 saturated heterocycles. The largest absolute Gasteiger partial charge is 0.366 e. The lowest BCUT2D eigenvalue weighted by molar-refractivity contribution is -0.134. The van der Waals surface area contributed by atoms with E-state index in [1.165, 1.54) is 30.3 Å². The lowest BCUT2D eigenvalue weighted by Crippen LogP contribution is -2.49. The molecule has 0 atom stereocenters. The Morgan fingerprint density at radius 3 is 2.23 bits per heavy atom. The van der Waals surface area contributed by atoms with Gasteiger partial charge in [0.15, 0.2) is 0 Å². The first-order valence-corrected chi connectivity index (χ1v) is 8.35. The van der Waals surface area contributed by atoms with Crippen LogP contribution >= 0.6 is 0 Å². The van der Waals surface area contributed by atoms with E-state index in [1.54, 1.807) is 23.1 Å². The topological polar surface area (TPSA) is 52.7 Å². The summed E-state index contributed by atoms with van der Waals surface area (Å²) in [5.74, 6) is -1.41. The number of benzene rings is 2. The van der Waals surface area contributed by atoms with Crippen LogP contribution in [0.25, 0.3) is 0 Å². The zero-order valence-corrected chi connectivity index (χ0v) is 14.1. The van der Waals surface area contributed by atoms with Crippen molar-refractivity contribution in [3.63, 3.8) is 0 Å². The van der Waals surface area contributed by atoms with Crippen LogP contribution in [0.1, 0.15) is 6.42 Å². The maximum Gasteiger partial charge on any atom is 0.233 e. The minimum absolute atomic E-state index is 0.280. The predicted octanol–water partition coefficient (Wildman–Crippen LogP) is 2.64. The Bertz CT molecular complexity index is 788. The maximum atomic E-state index is 13.8. The van der Waals surface area contributed by atoms with E-state index in [2.05, 4.69) is 5.32 Å². The normalized spacial score (nSPS) is 14.2. The molecule has 0 aromatic heterocycles. The van der Waals surface area contributed by atoms with Crippen LogP contribution in [0.3, 0.4) is 0 Å². The molecule has 2 amide bonds. The SMILES string of the molecule is O=C(CC(=O)N1CCN(c2ccccc2F)CC1)Nc1ccc(F)cc1. The first-order chi connectivity index (χ1) is 12.5. The summed E-state index contributed by atoms with van der Waals surface area (Å²) in [5, 5.41) is 2.57. The lowest BCUT2D eigenvalue weighted by atomic mass is 10.2. The number of anilines is 2. The van der Waals surface area contributed by atoms with Gasteiger partial charge in [0.1, 0.15) is 18.1 Å². The quantitative estimate of drug-likeness (QED) is 0.854. The average Bonchev–Trinajstić information content (AvgIpc) is 2.64. The molecule has 26 heavy (non-hydrogen) atoms. The number of halogens is 2. The summed E-state index contributed by atoms with van der Waals surface area (Å²) in [4.78, 5) is 27.7. The van der Waals surface area contributed by atoms with Crippen LogP contribution in [-0.2, 0) is 9.59 Å². The van der Waals surface area contributed by atoms with Crippen molar-refractivity contribution in [2.45, 2.75) is 6.42 Å². The number of nitrogens with zero attached hydrogens (tertiary/aromatic N) is 2. The second-order valence-electron chi connectivity index (χ2n) is 6.05. The number of nitrogens with one attached hydrogen (secondary N) is 1. The van der Waals surface area contributed by atoms with Gasteiger partial charge in [-0.15, -0.1) is 0 Å². The Labute approximate surface area is 150 Å². The molecule has 1 heterocycles. The molecule has 0 spiro atoms. The predicted molar refractivity (Wildman–Crippen MR) is 94.8 cm³/mol. The molecule has 5 nitrogen and oxygen atoms in total. The van der Waals surface area contributed by atoms with Crippen LogP contribution in [0, 0.1) is 11.6 Å². The monoisotopic (exact) mass is 359 g/mol. The first kappa shape index (κ1) is 17.8. The number of piperazine rings is 1. The molecule has 136 valence electrons. The third-order valence-electron chi connectivity index (χ3n) is 4.27. The molecule has 1 N–H and O–H groups in total. The van der Waals surface area contributed by atoms with Gasteiger partial charge in [0.25, 0.3) is 0 Å². The van der Waals surface area contributed by atoms with E-state index in [-0.39, 0.29) is 18.1 Å². The third-order valence-corrected chi connectivity index (χ3v) is 4.27. The van der Waals surface area contributed by atoms with Gasteiger partial charge in [0, 0.05) is 31.9 Å². The van der Waals surface area contributed by atoms with Gasteiger partial charge in [-0.1, -0.05) is 12.1 Å². The summed E-state index contributed by atoms with van der Waals surface area (Å²) in [6.45, 7) is 1.87. The number of amides is 2. The Hall–Kier alpha value is -2.96. The van der Waals surface area contributed by atoms with Gasteiger partial charge in [-0.3, -0.25) is 9.59 Å². The summed E-state index contributed by atoms with van der Waals surface area (Å²) in [6.07, 6.45) is -0.281. The molecule has 2 aromatic carbocycles. The van der Waals surface area contributed by atoms with Crippen molar-refractivity contribution in [3.05, 3.63) is 60.2 Å². The number of rotatable bonds is 4. The molecular weight excluding hydrogens is 340 g/mol. The van der Waals surface area contributed by atoms with Gasteiger partial charge in [0.2, 0.25) is 11.8 Å². The summed E-state index contributed by atoms with van der Waals surface area (Å²) in [6, 6.07) is 11.9. The molecule has 0 bridgehead atoms. The fourth-order valence-corrected chi connectivity index (χ4v) is 2.89. The molecule has 0 unspecified atom stereocenters. The van der Waals surface area contributed by atoms with Gasteiger partial charge in [-0.2, -0.15) is 0 Å². The Balaban J connectivity index is 1.49. The highest BCUT2D eigenvalue weighted by Gasteiger charge is 2.24. The molecule has 1 fully saturated rings. The van der Waals surface area contributed by atoms with Gasteiger partial charge in [0.05, 0.1) is 5.69 Å². The first-order valence-electron chi connectivity index (χ1n) is 8.35. The second kappa shape index (κ2) is 7.95. The van der Waals surface area contributed by atoms with E-state index >= 15 is 0 Å². The van der Waals surface area contributed by atoms with Gasteiger partial charge in [-0.05, 0) is 36.4 Å². The molecule has 1 aliphatic heterocycles. The highest BCUT2D eigenvalue weighted by atomic mass is 19.1. The molecule has 0 radical (unpaired) electrons. The third kappa shape index (κ3) is 4.36.